The van der Waals surface area contributed by atoms with Gasteiger partial charge in [0.2, 0.25) is 0 Å². The summed E-state index contributed by atoms with van der Waals surface area (Å²) in [6, 6.07) is 65.5. The fourth-order valence-electron chi connectivity index (χ4n) is 8.25. The minimum atomic E-state index is 0.892. The van der Waals surface area contributed by atoms with Crippen LogP contribution in [-0.2, 0) is 0 Å². The molecular formula is C48H30N2O. The van der Waals surface area contributed by atoms with Crippen molar-refractivity contribution in [3.63, 3.8) is 0 Å². The van der Waals surface area contributed by atoms with Crippen LogP contribution in [0.15, 0.2) is 186 Å². The summed E-state index contributed by atoms with van der Waals surface area (Å²) in [5, 5.41) is 7.26. The number of aromatic nitrogens is 2. The summed E-state index contributed by atoms with van der Waals surface area (Å²) in [4.78, 5) is 0. The third-order valence-electron chi connectivity index (χ3n) is 10.5. The molecular weight excluding hydrogens is 621 g/mol. The van der Waals surface area contributed by atoms with Crippen LogP contribution >= 0.6 is 0 Å². The zero-order valence-corrected chi connectivity index (χ0v) is 27.6. The molecule has 3 heteroatoms. The lowest BCUT2D eigenvalue weighted by Crippen LogP contribution is -1.95. The quantitative estimate of drug-likeness (QED) is 0.186. The smallest absolute Gasteiger partial charge is 0.143 e. The first-order valence-electron chi connectivity index (χ1n) is 17.4. The number of furan rings is 1. The Morgan fingerprint density at radius 2 is 0.765 bits per heavy atom. The molecule has 0 amide bonds. The van der Waals surface area contributed by atoms with Crippen LogP contribution in [0.2, 0.25) is 0 Å². The molecule has 0 saturated heterocycles. The van der Waals surface area contributed by atoms with E-state index in [1.54, 1.807) is 0 Å². The zero-order valence-electron chi connectivity index (χ0n) is 27.6. The number of benzene rings is 8. The van der Waals surface area contributed by atoms with Gasteiger partial charge in [0.25, 0.3) is 0 Å². The molecule has 0 saturated carbocycles. The fourth-order valence-corrected chi connectivity index (χ4v) is 8.25. The minimum absolute atomic E-state index is 0.892. The van der Waals surface area contributed by atoms with E-state index in [0.29, 0.717) is 0 Å². The van der Waals surface area contributed by atoms with Crippen LogP contribution in [0.4, 0.5) is 0 Å². The maximum absolute atomic E-state index is 6.67. The molecule has 0 radical (unpaired) electrons. The molecule has 0 spiro atoms. The van der Waals surface area contributed by atoms with E-state index in [2.05, 4.69) is 185 Å². The van der Waals surface area contributed by atoms with Crippen LogP contribution in [-0.4, -0.2) is 9.13 Å². The van der Waals surface area contributed by atoms with Crippen LogP contribution in [0.5, 0.6) is 0 Å². The second-order valence-corrected chi connectivity index (χ2v) is 13.3. The molecule has 0 aliphatic rings. The molecule has 8 aromatic carbocycles. The fraction of sp³-hybridized carbons (Fsp3) is 0. The Bertz CT molecular complexity index is 3050. The van der Waals surface area contributed by atoms with Crippen LogP contribution < -0.4 is 0 Å². The SMILES string of the molecule is c1cc(-c2cc(-c3cccc(-n4c5ccccc5c5ccccc54)c3)c3oc4ccccc4c3c2)cc(-n2c3ccccc3c3ccccc32)c1. The molecule has 3 aromatic heterocycles. The number of rotatable bonds is 4. The Hall–Kier alpha value is -6.84. The summed E-state index contributed by atoms with van der Waals surface area (Å²) < 4.78 is 11.4. The Morgan fingerprint density at radius 3 is 1.31 bits per heavy atom. The summed E-state index contributed by atoms with van der Waals surface area (Å²) in [7, 11) is 0. The van der Waals surface area contributed by atoms with Gasteiger partial charge in [-0.05, 0) is 83.4 Å². The average Bonchev–Trinajstić information content (AvgIpc) is 3.86. The topological polar surface area (TPSA) is 23.0 Å². The number of nitrogens with zero attached hydrogens (tertiary/aromatic N) is 2. The van der Waals surface area contributed by atoms with E-state index in [1.807, 2.05) is 6.07 Å². The van der Waals surface area contributed by atoms with Gasteiger partial charge in [0, 0.05) is 49.3 Å². The summed E-state index contributed by atoms with van der Waals surface area (Å²) in [6.07, 6.45) is 0. The number of para-hydroxylation sites is 5. The van der Waals surface area contributed by atoms with Gasteiger partial charge in [-0.15, -0.1) is 0 Å². The van der Waals surface area contributed by atoms with Gasteiger partial charge in [0.15, 0.2) is 0 Å². The Morgan fingerprint density at radius 1 is 0.314 bits per heavy atom. The van der Waals surface area contributed by atoms with E-state index < -0.39 is 0 Å². The Kier molecular flexibility index (Phi) is 5.96. The number of fused-ring (bicyclic) bond motifs is 9. The predicted molar refractivity (Wildman–Crippen MR) is 213 cm³/mol. The van der Waals surface area contributed by atoms with Crippen molar-refractivity contribution in [2.24, 2.45) is 0 Å². The van der Waals surface area contributed by atoms with E-state index >= 15 is 0 Å². The zero-order chi connectivity index (χ0) is 33.5. The number of hydrogen-bond acceptors (Lipinski definition) is 1. The van der Waals surface area contributed by atoms with E-state index in [-0.39, 0.29) is 0 Å². The highest BCUT2D eigenvalue weighted by Crippen LogP contribution is 2.41. The van der Waals surface area contributed by atoms with E-state index in [0.717, 1.165) is 55.6 Å². The van der Waals surface area contributed by atoms with Gasteiger partial charge in [0.05, 0.1) is 22.1 Å². The Labute approximate surface area is 293 Å². The first kappa shape index (κ1) is 28.0. The van der Waals surface area contributed by atoms with Crippen molar-refractivity contribution in [3.8, 4) is 33.6 Å². The van der Waals surface area contributed by atoms with Crippen molar-refractivity contribution in [2.45, 2.75) is 0 Å². The normalized spacial score (nSPS) is 11.9. The highest BCUT2D eigenvalue weighted by molar-refractivity contribution is 6.13. The van der Waals surface area contributed by atoms with Gasteiger partial charge in [-0.3, -0.25) is 0 Å². The van der Waals surface area contributed by atoms with Crippen molar-refractivity contribution in [1.29, 1.82) is 0 Å². The minimum Gasteiger partial charge on any atom is -0.455 e. The van der Waals surface area contributed by atoms with Crippen molar-refractivity contribution in [1.82, 2.24) is 9.13 Å². The largest absolute Gasteiger partial charge is 0.455 e. The second kappa shape index (κ2) is 10.8. The predicted octanol–water partition coefficient (Wildman–Crippen LogP) is 13.1. The average molecular weight is 651 g/mol. The second-order valence-electron chi connectivity index (χ2n) is 13.3. The summed E-state index contributed by atoms with van der Waals surface area (Å²) in [6.45, 7) is 0. The van der Waals surface area contributed by atoms with Gasteiger partial charge >= 0.3 is 0 Å². The molecule has 0 unspecified atom stereocenters. The van der Waals surface area contributed by atoms with Gasteiger partial charge in [0.1, 0.15) is 11.2 Å². The Balaban J connectivity index is 1.14. The molecule has 0 N–H and O–H groups in total. The third kappa shape index (κ3) is 4.19. The molecule has 0 aliphatic carbocycles. The van der Waals surface area contributed by atoms with E-state index in [1.165, 1.54) is 43.6 Å². The maximum atomic E-state index is 6.67. The van der Waals surface area contributed by atoms with Crippen LogP contribution in [0, 0.1) is 0 Å². The van der Waals surface area contributed by atoms with E-state index in [4.69, 9.17) is 4.42 Å². The molecule has 11 aromatic rings. The van der Waals surface area contributed by atoms with Crippen LogP contribution in [0.25, 0.3) is 99.2 Å². The molecule has 0 aliphatic heterocycles. The highest BCUT2D eigenvalue weighted by Gasteiger charge is 2.18. The molecule has 238 valence electrons. The molecule has 3 heterocycles. The maximum Gasteiger partial charge on any atom is 0.143 e. The lowest BCUT2D eigenvalue weighted by Gasteiger charge is -2.13. The molecule has 0 fully saturated rings. The van der Waals surface area contributed by atoms with Crippen molar-refractivity contribution in [3.05, 3.63) is 182 Å². The lowest BCUT2D eigenvalue weighted by molar-refractivity contribution is 0.670. The van der Waals surface area contributed by atoms with Crippen molar-refractivity contribution >= 4 is 65.6 Å². The van der Waals surface area contributed by atoms with E-state index in [9.17, 15) is 0 Å². The highest BCUT2D eigenvalue weighted by atomic mass is 16.3. The monoisotopic (exact) mass is 650 g/mol. The van der Waals surface area contributed by atoms with Gasteiger partial charge in [-0.25, -0.2) is 0 Å². The summed E-state index contributed by atoms with van der Waals surface area (Å²) in [5.41, 5.74) is 13.3. The van der Waals surface area contributed by atoms with Crippen molar-refractivity contribution < 1.29 is 4.42 Å². The first-order chi connectivity index (χ1) is 25.3. The van der Waals surface area contributed by atoms with Crippen LogP contribution in [0.1, 0.15) is 0 Å². The van der Waals surface area contributed by atoms with Crippen molar-refractivity contribution in [2.75, 3.05) is 0 Å². The standard InChI is InChI=1S/C48H30N2O/c1-6-22-43-36(17-1)37-18-2-7-23-44(37)49(43)34-15-11-13-31(27-34)33-29-41(48-42(30-33)40-21-5-10-26-47(40)51-48)32-14-12-16-35(28-32)50-45-24-8-3-19-38(45)39-20-4-9-25-46(39)50/h1-30H. The molecule has 11 rings (SSSR count). The van der Waals surface area contributed by atoms with Crippen LogP contribution in [0.3, 0.4) is 0 Å². The molecule has 0 bridgehead atoms. The summed E-state index contributed by atoms with van der Waals surface area (Å²) >= 11 is 0. The first-order valence-corrected chi connectivity index (χ1v) is 17.4. The lowest BCUT2D eigenvalue weighted by atomic mass is 9.95. The molecule has 0 atom stereocenters. The van der Waals surface area contributed by atoms with Gasteiger partial charge in [-0.1, -0.05) is 115 Å². The van der Waals surface area contributed by atoms with Gasteiger partial charge in [-0.2, -0.15) is 0 Å². The third-order valence-corrected chi connectivity index (χ3v) is 10.5. The number of hydrogen-bond donors (Lipinski definition) is 0. The summed E-state index contributed by atoms with van der Waals surface area (Å²) in [5.74, 6) is 0. The van der Waals surface area contributed by atoms with Gasteiger partial charge < -0.3 is 13.6 Å². The molecule has 51 heavy (non-hydrogen) atoms. The molecule has 3 nitrogen and oxygen atoms in total.